The fourth-order valence-electron chi connectivity index (χ4n) is 1.99. The first-order valence-electron chi connectivity index (χ1n) is 7.22. The molecule has 1 rings (SSSR count). The zero-order valence-electron chi connectivity index (χ0n) is 12.0. The van der Waals surface area contributed by atoms with Crippen molar-refractivity contribution in [1.82, 2.24) is 0 Å². The summed E-state index contributed by atoms with van der Waals surface area (Å²) < 4.78 is 0. The van der Waals surface area contributed by atoms with Crippen molar-refractivity contribution in [3.05, 3.63) is 29.8 Å². The van der Waals surface area contributed by atoms with Crippen LogP contribution in [0, 0.1) is 0 Å². The Labute approximate surface area is 120 Å². The van der Waals surface area contributed by atoms with Crippen LogP contribution in [-0.4, -0.2) is 17.0 Å². The third-order valence-corrected chi connectivity index (χ3v) is 3.10. The Balaban J connectivity index is 2.29. The Morgan fingerprint density at radius 2 is 1.70 bits per heavy atom. The molecule has 4 nitrogen and oxygen atoms in total. The number of carbonyl (C=O) groups excluding carboxylic acids is 1. The first-order valence-corrected chi connectivity index (χ1v) is 7.22. The maximum absolute atomic E-state index is 11.7. The van der Waals surface area contributed by atoms with Crippen LogP contribution >= 0.6 is 0 Å². The summed E-state index contributed by atoms with van der Waals surface area (Å²) in [5.74, 6) is -0.832. The fraction of sp³-hybridized carbons (Fsp3) is 0.500. The number of carboxylic acid groups (broad SMARTS) is 1. The summed E-state index contributed by atoms with van der Waals surface area (Å²) in [5, 5.41) is 11.5. The summed E-state index contributed by atoms with van der Waals surface area (Å²) >= 11 is 0. The third kappa shape index (κ3) is 6.92. The molecule has 0 fully saturated rings. The van der Waals surface area contributed by atoms with E-state index in [1.807, 2.05) is 0 Å². The predicted octanol–water partition coefficient (Wildman–Crippen LogP) is 3.61. The summed E-state index contributed by atoms with van der Waals surface area (Å²) in [6, 6.07) is 6.94. The van der Waals surface area contributed by atoms with Crippen molar-refractivity contribution in [2.24, 2.45) is 0 Å². The van der Waals surface area contributed by atoms with E-state index < -0.39 is 5.97 Å². The van der Waals surface area contributed by atoms with Gasteiger partial charge in [0.1, 0.15) is 0 Å². The lowest BCUT2D eigenvalue weighted by molar-refractivity contribution is -0.136. The molecule has 0 radical (unpaired) electrons. The molecule has 1 amide bonds. The quantitative estimate of drug-likeness (QED) is 0.677. The van der Waals surface area contributed by atoms with E-state index >= 15 is 0 Å². The minimum Gasteiger partial charge on any atom is -0.481 e. The molecular formula is C16H23NO3. The molecule has 20 heavy (non-hydrogen) atoms. The number of carboxylic acids is 1. The van der Waals surface area contributed by atoms with Gasteiger partial charge in [0, 0.05) is 12.1 Å². The van der Waals surface area contributed by atoms with Gasteiger partial charge in [0.25, 0.3) is 0 Å². The molecule has 0 unspecified atom stereocenters. The second-order valence-electron chi connectivity index (χ2n) is 4.98. The van der Waals surface area contributed by atoms with Gasteiger partial charge in [-0.3, -0.25) is 9.59 Å². The molecule has 1 aromatic carbocycles. The van der Waals surface area contributed by atoms with Gasteiger partial charge in [-0.1, -0.05) is 44.7 Å². The zero-order valence-corrected chi connectivity index (χ0v) is 12.0. The molecule has 0 aliphatic heterocycles. The topological polar surface area (TPSA) is 66.4 Å². The van der Waals surface area contributed by atoms with Crippen molar-refractivity contribution < 1.29 is 14.7 Å². The van der Waals surface area contributed by atoms with Crippen LogP contribution in [0.15, 0.2) is 24.3 Å². The van der Waals surface area contributed by atoms with E-state index in [1.165, 1.54) is 19.3 Å². The summed E-state index contributed by atoms with van der Waals surface area (Å²) in [5.41, 5.74) is 1.45. The molecule has 0 bridgehead atoms. The van der Waals surface area contributed by atoms with Crippen LogP contribution in [0.3, 0.4) is 0 Å². The normalized spacial score (nSPS) is 10.2. The van der Waals surface area contributed by atoms with Crippen molar-refractivity contribution in [3.8, 4) is 0 Å². The second-order valence-corrected chi connectivity index (χ2v) is 4.98. The van der Waals surface area contributed by atoms with Gasteiger partial charge in [0.05, 0.1) is 6.42 Å². The van der Waals surface area contributed by atoms with Gasteiger partial charge in [-0.05, 0) is 24.1 Å². The first kappa shape index (κ1) is 16.2. The number of carbonyl (C=O) groups is 2. The van der Waals surface area contributed by atoms with Crippen LogP contribution in [0.4, 0.5) is 5.69 Å². The molecule has 0 aliphatic carbocycles. The highest BCUT2D eigenvalue weighted by atomic mass is 16.4. The van der Waals surface area contributed by atoms with E-state index in [0.717, 1.165) is 24.1 Å². The Bertz CT molecular complexity index is 426. The number of nitrogens with one attached hydrogen (secondary N) is 1. The first-order chi connectivity index (χ1) is 9.61. The molecule has 0 heterocycles. The van der Waals surface area contributed by atoms with Crippen LogP contribution in [0.25, 0.3) is 0 Å². The van der Waals surface area contributed by atoms with Crippen molar-refractivity contribution in [2.45, 2.75) is 51.9 Å². The maximum atomic E-state index is 11.7. The van der Waals surface area contributed by atoms with E-state index in [1.54, 1.807) is 24.3 Å². The van der Waals surface area contributed by atoms with Crippen molar-refractivity contribution in [1.29, 1.82) is 0 Å². The van der Waals surface area contributed by atoms with Gasteiger partial charge >= 0.3 is 5.97 Å². The van der Waals surface area contributed by atoms with Crippen molar-refractivity contribution >= 4 is 17.6 Å². The predicted molar refractivity (Wildman–Crippen MR) is 79.8 cm³/mol. The van der Waals surface area contributed by atoms with Gasteiger partial charge < -0.3 is 10.4 Å². The number of hydrogen-bond acceptors (Lipinski definition) is 2. The molecular weight excluding hydrogens is 254 g/mol. The largest absolute Gasteiger partial charge is 0.481 e. The SMILES string of the molecule is CCCCCCCC(=O)Nc1ccc(CC(=O)O)cc1. The molecule has 110 valence electrons. The van der Waals surface area contributed by atoms with Crippen LogP contribution in [0.2, 0.25) is 0 Å². The Morgan fingerprint density at radius 3 is 2.30 bits per heavy atom. The summed E-state index contributed by atoms with van der Waals surface area (Å²) in [7, 11) is 0. The van der Waals surface area contributed by atoms with Crippen molar-refractivity contribution in [2.75, 3.05) is 5.32 Å². The molecule has 0 aliphatic rings. The monoisotopic (exact) mass is 277 g/mol. The Kier molecular flexibility index (Phi) is 7.40. The van der Waals surface area contributed by atoms with Crippen molar-refractivity contribution in [3.63, 3.8) is 0 Å². The number of aliphatic carboxylic acids is 1. The smallest absolute Gasteiger partial charge is 0.307 e. The second kappa shape index (κ2) is 9.13. The lowest BCUT2D eigenvalue weighted by Gasteiger charge is -2.06. The lowest BCUT2D eigenvalue weighted by Crippen LogP contribution is -2.11. The van der Waals surface area contributed by atoms with Crippen LogP contribution in [0.1, 0.15) is 51.0 Å². The highest BCUT2D eigenvalue weighted by Crippen LogP contribution is 2.12. The molecule has 1 aromatic rings. The minimum absolute atomic E-state index is 0.00561. The van der Waals surface area contributed by atoms with E-state index in [0.29, 0.717) is 6.42 Å². The number of rotatable bonds is 9. The minimum atomic E-state index is -0.853. The number of amides is 1. The van der Waals surface area contributed by atoms with Gasteiger partial charge in [-0.15, -0.1) is 0 Å². The third-order valence-electron chi connectivity index (χ3n) is 3.10. The standard InChI is InChI=1S/C16H23NO3/c1-2-3-4-5-6-7-15(18)17-14-10-8-13(9-11-14)12-16(19)20/h8-11H,2-7,12H2,1H3,(H,17,18)(H,19,20). The molecule has 0 saturated carbocycles. The molecule has 0 aromatic heterocycles. The van der Waals surface area contributed by atoms with E-state index in [9.17, 15) is 9.59 Å². The summed E-state index contributed by atoms with van der Waals surface area (Å²) in [6.45, 7) is 2.17. The number of hydrogen-bond donors (Lipinski definition) is 2. The Morgan fingerprint density at radius 1 is 1.05 bits per heavy atom. The number of anilines is 1. The lowest BCUT2D eigenvalue weighted by atomic mass is 10.1. The van der Waals surface area contributed by atoms with Crippen LogP contribution in [-0.2, 0) is 16.0 Å². The highest BCUT2D eigenvalue weighted by molar-refractivity contribution is 5.90. The fourth-order valence-corrected chi connectivity index (χ4v) is 1.99. The van der Waals surface area contributed by atoms with Gasteiger partial charge in [0.2, 0.25) is 5.91 Å². The zero-order chi connectivity index (χ0) is 14.8. The number of benzene rings is 1. The highest BCUT2D eigenvalue weighted by Gasteiger charge is 2.03. The Hall–Kier alpha value is -1.84. The van der Waals surface area contributed by atoms with E-state index in [-0.39, 0.29) is 12.3 Å². The van der Waals surface area contributed by atoms with E-state index in [4.69, 9.17) is 5.11 Å². The molecule has 0 saturated heterocycles. The summed E-state index contributed by atoms with van der Waals surface area (Å²) in [4.78, 5) is 22.3. The van der Waals surface area contributed by atoms with Crippen LogP contribution in [0.5, 0.6) is 0 Å². The van der Waals surface area contributed by atoms with Gasteiger partial charge in [-0.25, -0.2) is 0 Å². The van der Waals surface area contributed by atoms with E-state index in [2.05, 4.69) is 12.2 Å². The molecule has 0 atom stereocenters. The summed E-state index contributed by atoms with van der Waals surface area (Å²) in [6.07, 6.45) is 6.18. The maximum Gasteiger partial charge on any atom is 0.307 e. The average Bonchev–Trinajstić information content (AvgIpc) is 2.40. The number of unbranched alkanes of at least 4 members (excludes halogenated alkanes) is 4. The van der Waals surface area contributed by atoms with Crippen LogP contribution < -0.4 is 5.32 Å². The molecule has 4 heteroatoms. The van der Waals surface area contributed by atoms with Gasteiger partial charge in [-0.2, -0.15) is 0 Å². The molecule has 2 N–H and O–H groups in total. The average molecular weight is 277 g/mol. The molecule has 0 spiro atoms. The van der Waals surface area contributed by atoms with Gasteiger partial charge in [0.15, 0.2) is 0 Å².